The van der Waals surface area contributed by atoms with Gasteiger partial charge in [0.15, 0.2) is 0 Å². The fraction of sp³-hybridized carbons (Fsp3) is 0.452. The summed E-state index contributed by atoms with van der Waals surface area (Å²) in [6, 6.07) is 13.6. The predicted molar refractivity (Wildman–Crippen MR) is 161 cm³/mol. The minimum Gasteiger partial charge on any atom is -0.357 e. The van der Waals surface area contributed by atoms with Crippen LogP contribution >= 0.6 is 0 Å². The average Bonchev–Trinajstić information content (AvgIpc) is 3.28. The van der Waals surface area contributed by atoms with E-state index >= 15 is 0 Å². The van der Waals surface area contributed by atoms with E-state index in [2.05, 4.69) is 22.1 Å². The van der Waals surface area contributed by atoms with E-state index in [4.69, 9.17) is 4.52 Å². The van der Waals surface area contributed by atoms with Gasteiger partial charge in [-0.05, 0) is 43.4 Å². The maximum Gasteiger partial charge on any atom is 0.264 e. The summed E-state index contributed by atoms with van der Waals surface area (Å²) in [6.07, 6.45) is 3.87. The molecule has 0 unspecified atom stereocenters. The van der Waals surface area contributed by atoms with E-state index in [0.717, 1.165) is 31.2 Å². The summed E-state index contributed by atoms with van der Waals surface area (Å²) in [4.78, 5) is 28.1. The van der Waals surface area contributed by atoms with Crippen molar-refractivity contribution in [1.82, 2.24) is 15.4 Å². The Labute approximate surface area is 243 Å². The van der Waals surface area contributed by atoms with Gasteiger partial charge in [0.1, 0.15) is 6.04 Å². The van der Waals surface area contributed by atoms with Crippen LogP contribution in [0.5, 0.6) is 0 Å². The van der Waals surface area contributed by atoms with Crippen molar-refractivity contribution in [2.75, 3.05) is 11.8 Å². The molecule has 2 aromatic carbocycles. The second-order valence-corrected chi connectivity index (χ2v) is 12.1. The second kappa shape index (κ2) is 14.3. The molecule has 222 valence electrons. The van der Waals surface area contributed by atoms with Crippen LogP contribution in [0.1, 0.15) is 69.7 Å². The van der Waals surface area contributed by atoms with Crippen molar-refractivity contribution in [2.24, 2.45) is 5.92 Å². The first kappa shape index (κ1) is 31.9. The Morgan fingerprint density at radius 1 is 1.02 bits per heavy atom. The van der Waals surface area contributed by atoms with Crippen LogP contribution in [0.15, 0.2) is 57.9 Å². The Hall–Kier alpha value is -3.66. The fourth-order valence-corrected chi connectivity index (χ4v) is 5.98. The lowest BCUT2D eigenvalue weighted by Crippen LogP contribution is -2.51. The lowest BCUT2D eigenvalue weighted by Gasteiger charge is -2.34. The smallest absolute Gasteiger partial charge is 0.264 e. The van der Waals surface area contributed by atoms with Crippen molar-refractivity contribution in [3.8, 4) is 11.1 Å². The molecule has 0 bridgehead atoms. The lowest BCUT2D eigenvalue weighted by atomic mass is 9.95. The topological polar surface area (TPSA) is 122 Å². The van der Waals surface area contributed by atoms with Gasteiger partial charge in [0, 0.05) is 31.1 Å². The molecule has 0 fully saturated rings. The number of sulfonamides is 1. The molecule has 9 nitrogen and oxygen atoms in total. The van der Waals surface area contributed by atoms with E-state index in [1.54, 1.807) is 50.1 Å². The average molecular weight is 583 g/mol. The van der Waals surface area contributed by atoms with Gasteiger partial charge < -0.3 is 14.7 Å². The number of unbranched alkanes of at least 4 members (excludes halogenated alkanes) is 2. The lowest BCUT2D eigenvalue weighted by molar-refractivity contribution is -0.143. The number of rotatable bonds is 14. The second-order valence-electron chi connectivity index (χ2n) is 10.4. The van der Waals surface area contributed by atoms with Crippen molar-refractivity contribution < 1.29 is 22.5 Å². The van der Waals surface area contributed by atoms with E-state index < -0.39 is 16.1 Å². The van der Waals surface area contributed by atoms with Gasteiger partial charge in [-0.25, -0.2) is 13.1 Å². The van der Waals surface area contributed by atoms with Crippen molar-refractivity contribution >= 4 is 27.7 Å². The Morgan fingerprint density at radius 2 is 1.71 bits per heavy atom. The van der Waals surface area contributed by atoms with Gasteiger partial charge in [-0.3, -0.25) is 9.59 Å². The van der Waals surface area contributed by atoms with Crippen LogP contribution in [-0.4, -0.2) is 43.4 Å². The van der Waals surface area contributed by atoms with Crippen LogP contribution in [-0.2, 0) is 26.2 Å². The molecule has 1 aromatic heterocycles. The van der Waals surface area contributed by atoms with Gasteiger partial charge in [-0.15, -0.1) is 0 Å². The number of hydrogen-bond donors (Lipinski definition) is 2. The third kappa shape index (κ3) is 7.75. The van der Waals surface area contributed by atoms with Gasteiger partial charge in [-0.1, -0.05) is 87.7 Å². The summed E-state index contributed by atoms with van der Waals surface area (Å²) < 4.78 is 34.3. The summed E-state index contributed by atoms with van der Waals surface area (Å²) in [7, 11) is -2.38. The zero-order valence-electron chi connectivity index (χ0n) is 24.9. The molecule has 0 spiro atoms. The zero-order chi connectivity index (χ0) is 30.2. The number of hydrogen-bond acceptors (Lipinski definition) is 6. The van der Waals surface area contributed by atoms with Crippen LogP contribution in [0.4, 0.5) is 5.88 Å². The first-order valence-electron chi connectivity index (χ1n) is 14.2. The first-order valence-corrected chi connectivity index (χ1v) is 15.7. The number of nitrogens with zero attached hydrogens (tertiary/aromatic N) is 2. The van der Waals surface area contributed by atoms with Gasteiger partial charge in [0.2, 0.25) is 17.7 Å². The summed E-state index contributed by atoms with van der Waals surface area (Å²) in [6.45, 7) is 9.85. The molecule has 2 amide bonds. The SMILES string of the molecule is CCCCCC(=O)N(Cc1ccc(-c2ccccc2S(=O)(=O)Nc2onc(C)c2C)cc1)[C@H](C(=O)NC)[C@H](C)CC. The number of benzene rings is 2. The van der Waals surface area contributed by atoms with Crippen LogP contribution in [0, 0.1) is 19.8 Å². The highest BCUT2D eigenvalue weighted by atomic mass is 32.2. The summed E-state index contributed by atoms with van der Waals surface area (Å²) in [5.41, 5.74) is 3.30. The number of carbonyl (C=O) groups excluding carboxylic acids is 2. The van der Waals surface area contributed by atoms with E-state index in [0.29, 0.717) is 28.8 Å². The molecular formula is C31H42N4O5S. The van der Waals surface area contributed by atoms with Gasteiger partial charge in [0.25, 0.3) is 10.0 Å². The Bertz CT molecular complexity index is 1430. The maximum absolute atomic E-state index is 13.4. The quantitative estimate of drug-likeness (QED) is 0.231. The van der Waals surface area contributed by atoms with Gasteiger partial charge in [-0.2, -0.15) is 0 Å². The fourth-order valence-electron chi connectivity index (χ4n) is 4.70. The molecule has 3 aromatic rings. The summed E-state index contributed by atoms with van der Waals surface area (Å²) in [5.74, 6) is -0.158. The third-order valence-electron chi connectivity index (χ3n) is 7.53. The molecule has 0 saturated heterocycles. The normalized spacial score (nSPS) is 12.9. The zero-order valence-corrected chi connectivity index (χ0v) is 25.7. The number of likely N-dealkylation sites (N-methyl/N-ethyl adjacent to an activating group) is 1. The molecule has 2 N–H and O–H groups in total. The number of carbonyl (C=O) groups is 2. The number of aromatic nitrogens is 1. The number of anilines is 1. The van der Waals surface area contributed by atoms with E-state index in [1.807, 2.05) is 38.1 Å². The van der Waals surface area contributed by atoms with Crippen molar-refractivity contribution in [1.29, 1.82) is 0 Å². The minimum absolute atomic E-state index is 0.0225. The Morgan fingerprint density at radius 3 is 2.29 bits per heavy atom. The summed E-state index contributed by atoms with van der Waals surface area (Å²) >= 11 is 0. The molecule has 3 rings (SSSR count). The third-order valence-corrected chi connectivity index (χ3v) is 8.92. The maximum atomic E-state index is 13.4. The molecule has 0 aliphatic heterocycles. The van der Waals surface area contributed by atoms with Crippen LogP contribution < -0.4 is 10.0 Å². The van der Waals surface area contributed by atoms with E-state index in [1.165, 1.54) is 0 Å². The van der Waals surface area contributed by atoms with Crippen molar-refractivity contribution in [2.45, 2.75) is 84.2 Å². The van der Waals surface area contributed by atoms with Crippen LogP contribution in [0.3, 0.4) is 0 Å². The van der Waals surface area contributed by atoms with Gasteiger partial charge >= 0.3 is 0 Å². The molecular weight excluding hydrogens is 540 g/mol. The Balaban J connectivity index is 1.92. The molecule has 0 aliphatic carbocycles. The predicted octanol–water partition coefficient (Wildman–Crippen LogP) is 5.83. The molecule has 2 atom stereocenters. The van der Waals surface area contributed by atoms with Crippen LogP contribution in [0.25, 0.3) is 11.1 Å². The van der Waals surface area contributed by atoms with Crippen molar-refractivity contribution in [3.63, 3.8) is 0 Å². The molecule has 10 heteroatoms. The first-order chi connectivity index (χ1) is 19.5. The highest BCUT2D eigenvalue weighted by Gasteiger charge is 2.33. The standard InChI is InChI=1S/C31H42N4O5S/c1-7-9-10-15-28(36)35(29(21(3)8-2)30(37)32-6)20-24-16-18-25(19-17-24)26-13-11-12-14-27(26)41(38,39)34-31-22(4)23(5)33-40-31/h11-14,16-19,21,29,34H,7-10,15,20H2,1-6H3,(H,32,37)/t21-,29+/m1/s1. The van der Waals surface area contributed by atoms with Gasteiger partial charge in [0.05, 0.1) is 10.6 Å². The number of amides is 2. The van der Waals surface area contributed by atoms with E-state index in [-0.39, 0.29) is 35.1 Å². The minimum atomic E-state index is -3.97. The molecule has 0 saturated carbocycles. The van der Waals surface area contributed by atoms with Crippen LogP contribution in [0.2, 0.25) is 0 Å². The molecule has 0 radical (unpaired) electrons. The van der Waals surface area contributed by atoms with Crippen molar-refractivity contribution in [3.05, 3.63) is 65.4 Å². The largest absolute Gasteiger partial charge is 0.357 e. The number of nitrogens with one attached hydrogen (secondary N) is 2. The molecule has 41 heavy (non-hydrogen) atoms. The number of aryl methyl sites for hydroxylation is 1. The molecule has 0 aliphatic rings. The summed E-state index contributed by atoms with van der Waals surface area (Å²) in [5, 5.41) is 6.57. The highest BCUT2D eigenvalue weighted by Crippen LogP contribution is 2.30. The highest BCUT2D eigenvalue weighted by molar-refractivity contribution is 7.92. The Kier molecular flexibility index (Phi) is 11.1. The monoisotopic (exact) mass is 582 g/mol. The molecule has 1 heterocycles. The van der Waals surface area contributed by atoms with E-state index in [9.17, 15) is 18.0 Å².